The summed E-state index contributed by atoms with van der Waals surface area (Å²) in [7, 11) is 0. The van der Waals surface area contributed by atoms with E-state index in [2.05, 4.69) is 22.2 Å². The van der Waals surface area contributed by atoms with E-state index in [1.807, 2.05) is 42.5 Å². The third-order valence-corrected chi connectivity index (χ3v) is 4.21. The standard InChI is InChI=1S/C21H17N3O2/c1-15-19(20-22-12-5-13-24(20)23-15)21(25)26-14-16-8-10-18(11-9-16)17-6-3-2-4-7-17/h2-13H,14H2,1H3. The molecule has 0 spiro atoms. The van der Waals surface area contributed by atoms with E-state index in [-0.39, 0.29) is 6.61 Å². The van der Waals surface area contributed by atoms with Gasteiger partial charge in [-0.3, -0.25) is 0 Å². The Kier molecular flexibility index (Phi) is 4.19. The average Bonchev–Trinajstić information content (AvgIpc) is 3.03. The number of carbonyl (C=O) groups excluding carboxylic acids is 1. The largest absolute Gasteiger partial charge is 0.457 e. The van der Waals surface area contributed by atoms with E-state index in [0.717, 1.165) is 16.7 Å². The Balaban J connectivity index is 1.48. The van der Waals surface area contributed by atoms with Crippen LogP contribution in [0.4, 0.5) is 0 Å². The minimum absolute atomic E-state index is 0.206. The third kappa shape index (κ3) is 3.07. The van der Waals surface area contributed by atoms with Gasteiger partial charge < -0.3 is 4.74 Å². The Hall–Kier alpha value is -3.47. The smallest absolute Gasteiger partial charge is 0.344 e. The first-order chi connectivity index (χ1) is 12.7. The van der Waals surface area contributed by atoms with Crippen LogP contribution in [0.15, 0.2) is 73.1 Å². The molecule has 2 aromatic carbocycles. The van der Waals surface area contributed by atoms with Crippen molar-refractivity contribution in [1.82, 2.24) is 14.6 Å². The Morgan fingerprint density at radius 2 is 1.73 bits per heavy atom. The van der Waals surface area contributed by atoms with Gasteiger partial charge >= 0.3 is 5.97 Å². The van der Waals surface area contributed by atoms with Crippen molar-refractivity contribution in [1.29, 1.82) is 0 Å². The molecule has 0 aliphatic carbocycles. The van der Waals surface area contributed by atoms with Crippen molar-refractivity contribution in [2.75, 3.05) is 0 Å². The van der Waals surface area contributed by atoms with Gasteiger partial charge in [0.1, 0.15) is 12.2 Å². The summed E-state index contributed by atoms with van der Waals surface area (Å²) in [5.41, 5.74) is 4.74. The van der Waals surface area contributed by atoms with Gasteiger partial charge in [0.25, 0.3) is 0 Å². The van der Waals surface area contributed by atoms with Crippen LogP contribution in [0.3, 0.4) is 0 Å². The van der Waals surface area contributed by atoms with Crippen molar-refractivity contribution < 1.29 is 9.53 Å². The number of rotatable bonds is 4. The maximum Gasteiger partial charge on any atom is 0.344 e. The summed E-state index contributed by atoms with van der Waals surface area (Å²) in [6.07, 6.45) is 3.39. The van der Waals surface area contributed by atoms with E-state index < -0.39 is 5.97 Å². The molecule has 26 heavy (non-hydrogen) atoms. The number of fused-ring (bicyclic) bond motifs is 1. The predicted molar refractivity (Wildman–Crippen MR) is 98.7 cm³/mol. The molecule has 2 aromatic heterocycles. The molecule has 0 bridgehead atoms. The SMILES string of the molecule is Cc1nn2cccnc2c1C(=O)OCc1ccc(-c2ccccc2)cc1. The molecule has 0 N–H and O–H groups in total. The zero-order valence-electron chi connectivity index (χ0n) is 14.3. The first-order valence-electron chi connectivity index (χ1n) is 8.34. The molecule has 0 atom stereocenters. The van der Waals surface area contributed by atoms with Crippen LogP contribution >= 0.6 is 0 Å². The Labute approximate surface area is 150 Å². The van der Waals surface area contributed by atoms with E-state index in [4.69, 9.17) is 4.74 Å². The topological polar surface area (TPSA) is 56.5 Å². The van der Waals surface area contributed by atoms with E-state index >= 15 is 0 Å². The minimum atomic E-state index is -0.414. The van der Waals surface area contributed by atoms with E-state index in [9.17, 15) is 4.79 Å². The van der Waals surface area contributed by atoms with E-state index in [0.29, 0.717) is 16.9 Å². The lowest BCUT2D eigenvalue weighted by molar-refractivity contribution is 0.0474. The summed E-state index contributed by atoms with van der Waals surface area (Å²) >= 11 is 0. The van der Waals surface area contributed by atoms with Gasteiger partial charge in [-0.05, 0) is 29.7 Å². The second-order valence-corrected chi connectivity index (χ2v) is 5.99. The van der Waals surface area contributed by atoms with Crippen LogP contribution in [0, 0.1) is 6.92 Å². The number of hydrogen-bond donors (Lipinski definition) is 0. The summed E-state index contributed by atoms with van der Waals surface area (Å²) < 4.78 is 7.06. The highest BCUT2D eigenvalue weighted by molar-refractivity contribution is 5.97. The van der Waals surface area contributed by atoms with Gasteiger partial charge in [0.05, 0.1) is 5.69 Å². The molecule has 0 saturated heterocycles. The van der Waals surface area contributed by atoms with E-state index in [1.54, 1.807) is 29.9 Å². The average molecular weight is 343 g/mol. The van der Waals surface area contributed by atoms with E-state index in [1.165, 1.54) is 0 Å². The molecule has 0 amide bonds. The number of ether oxygens (including phenoxy) is 1. The molecule has 4 aromatic rings. The predicted octanol–water partition coefficient (Wildman–Crippen LogP) is 4.06. The molecular formula is C21H17N3O2. The summed E-state index contributed by atoms with van der Waals surface area (Å²) in [4.78, 5) is 16.7. The van der Waals surface area contributed by atoms with Crippen LogP contribution in [0.1, 0.15) is 21.6 Å². The van der Waals surface area contributed by atoms with Gasteiger partial charge in [-0.25, -0.2) is 14.3 Å². The number of carbonyl (C=O) groups is 1. The highest BCUT2D eigenvalue weighted by Crippen LogP contribution is 2.20. The lowest BCUT2D eigenvalue weighted by atomic mass is 10.0. The molecular weight excluding hydrogens is 326 g/mol. The van der Waals surface area contributed by atoms with Crippen molar-refractivity contribution in [3.8, 4) is 11.1 Å². The molecule has 0 radical (unpaired) electrons. The number of aryl methyl sites for hydroxylation is 1. The number of aromatic nitrogens is 3. The first-order valence-corrected chi connectivity index (χ1v) is 8.34. The molecule has 0 aliphatic rings. The van der Waals surface area contributed by atoms with Crippen LogP contribution in [0.5, 0.6) is 0 Å². The summed E-state index contributed by atoms with van der Waals surface area (Å²) in [5.74, 6) is -0.414. The minimum Gasteiger partial charge on any atom is -0.457 e. The molecule has 0 aliphatic heterocycles. The maximum atomic E-state index is 12.5. The normalized spacial score (nSPS) is 10.8. The molecule has 0 fully saturated rings. The van der Waals surface area contributed by atoms with Crippen LogP contribution < -0.4 is 0 Å². The van der Waals surface area contributed by atoms with Crippen molar-refractivity contribution in [2.24, 2.45) is 0 Å². The summed E-state index contributed by atoms with van der Waals surface area (Å²) in [5, 5.41) is 4.29. The van der Waals surface area contributed by atoms with Gasteiger partial charge in [-0.15, -0.1) is 0 Å². The van der Waals surface area contributed by atoms with Gasteiger partial charge in [0.15, 0.2) is 5.65 Å². The Morgan fingerprint density at radius 1 is 1.00 bits per heavy atom. The number of hydrogen-bond acceptors (Lipinski definition) is 4. The summed E-state index contributed by atoms with van der Waals surface area (Å²) in [6, 6.07) is 19.9. The van der Waals surface area contributed by atoms with Crippen LogP contribution in [-0.4, -0.2) is 20.6 Å². The van der Waals surface area contributed by atoms with Gasteiger partial charge in [0, 0.05) is 12.4 Å². The molecule has 5 heteroatoms. The maximum absolute atomic E-state index is 12.5. The van der Waals surface area contributed by atoms with Crippen molar-refractivity contribution >= 4 is 11.6 Å². The second-order valence-electron chi connectivity index (χ2n) is 5.99. The first kappa shape index (κ1) is 16.0. The third-order valence-electron chi connectivity index (χ3n) is 4.21. The zero-order chi connectivity index (χ0) is 17.9. The van der Waals surface area contributed by atoms with Crippen LogP contribution in [-0.2, 0) is 11.3 Å². The van der Waals surface area contributed by atoms with Crippen LogP contribution in [0.25, 0.3) is 16.8 Å². The molecule has 0 saturated carbocycles. The second kappa shape index (κ2) is 6.80. The van der Waals surface area contributed by atoms with Crippen molar-refractivity contribution in [2.45, 2.75) is 13.5 Å². The fourth-order valence-corrected chi connectivity index (χ4v) is 2.88. The Bertz CT molecular complexity index is 1050. The molecule has 5 nitrogen and oxygen atoms in total. The molecule has 2 heterocycles. The number of benzene rings is 2. The summed E-state index contributed by atoms with van der Waals surface area (Å²) in [6.45, 7) is 1.98. The molecule has 4 rings (SSSR count). The fraction of sp³-hybridized carbons (Fsp3) is 0.0952. The number of nitrogens with zero attached hydrogens (tertiary/aromatic N) is 3. The highest BCUT2D eigenvalue weighted by Gasteiger charge is 2.19. The lowest BCUT2D eigenvalue weighted by Gasteiger charge is -2.06. The van der Waals surface area contributed by atoms with Crippen LogP contribution in [0.2, 0.25) is 0 Å². The van der Waals surface area contributed by atoms with Crippen molar-refractivity contribution in [3.05, 3.63) is 89.9 Å². The molecule has 0 unspecified atom stereocenters. The van der Waals surface area contributed by atoms with Gasteiger partial charge in [-0.2, -0.15) is 5.10 Å². The lowest BCUT2D eigenvalue weighted by Crippen LogP contribution is -2.07. The highest BCUT2D eigenvalue weighted by atomic mass is 16.5. The zero-order valence-corrected chi connectivity index (χ0v) is 14.3. The van der Waals surface area contributed by atoms with Gasteiger partial charge in [0.2, 0.25) is 0 Å². The monoisotopic (exact) mass is 343 g/mol. The number of esters is 1. The molecule has 128 valence electrons. The van der Waals surface area contributed by atoms with Crippen molar-refractivity contribution in [3.63, 3.8) is 0 Å². The fourth-order valence-electron chi connectivity index (χ4n) is 2.88. The quantitative estimate of drug-likeness (QED) is 0.524. The Morgan fingerprint density at radius 3 is 2.50 bits per heavy atom. The van der Waals surface area contributed by atoms with Gasteiger partial charge in [-0.1, -0.05) is 54.6 Å².